The number of hydrogen-bond acceptors (Lipinski definition) is 6. The van der Waals surface area contributed by atoms with Crippen LogP contribution in [0.4, 0.5) is 18.9 Å². The average Bonchev–Trinajstić information content (AvgIpc) is 2.81. The molecule has 39 heavy (non-hydrogen) atoms. The maximum Gasteiger partial charge on any atom is 0.417 e. The number of halogens is 5. The van der Waals surface area contributed by atoms with Crippen molar-refractivity contribution in [1.82, 2.24) is 5.32 Å². The van der Waals surface area contributed by atoms with Gasteiger partial charge < -0.3 is 10.4 Å². The van der Waals surface area contributed by atoms with Crippen LogP contribution in [0, 0.1) is 0 Å². The molecule has 0 saturated heterocycles. The highest BCUT2D eigenvalue weighted by Gasteiger charge is 2.35. The lowest BCUT2D eigenvalue weighted by atomic mass is 10.1. The highest BCUT2D eigenvalue weighted by molar-refractivity contribution is 7.93. The van der Waals surface area contributed by atoms with Crippen LogP contribution in [0.2, 0.25) is 10.0 Å². The number of alkyl halides is 3. The molecule has 9 nitrogen and oxygen atoms in total. The van der Waals surface area contributed by atoms with Gasteiger partial charge in [0.2, 0.25) is 0 Å². The second-order valence-electron chi connectivity index (χ2n) is 7.92. The number of amides is 1. The van der Waals surface area contributed by atoms with E-state index in [1.54, 1.807) is 0 Å². The van der Waals surface area contributed by atoms with Crippen LogP contribution in [0.25, 0.3) is 0 Å². The summed E-state index contributed by atoms with van der Waals surface area (Å²) in [6, 6.07) is 10.3. The minimum Gasteiger partial charge on any atom is -0.480 e. The third-order valence-electron chi connectivity index (χ3n) is 5.05. The van der Waals surface area contributed by atoms with Crippen molar-refractivity contribution in [3.05, 3.63) is 87.4 Å². The Morgan fingerprint density at radius 1 is 0.897 bits per heavy atom. The highest BCUT2D eigenvalue weighted by Crippen LogP contribution is 2.37. The number of hydrogen-bond donors (Lipinski definition) is 3. The Balaban J connectivity index is 1.91. The predicted molar refractivity (Wildman–Crippen MR) is 136 cm³/mol. The molecular formula is C23H17Cl2F3N2O7S2. The Morgan fingerprint density at radius 2 is 1.54 bits per heavy atom. The Bertz CT molecular complexity index is 1650. The summed E-state index contributed by atoms with van der Waals surface area (Å²) in [5, 5.41) is 10.0. The maximum atomic E-state index is 13.2. The van der Waals surface area contributed by atoms with E-state index in [9.17, 15) is 39.6 Å². The number of rotatable bonds is 9. The third kappa shape index (κ3) is 7.62. The molecule has 1 amide bonds. The van der Waals surface area contributed by atoms with Crippen LogP contribution in [0.15, 0.2) is 70.5 Å². The molecule has 0 saturated carbocycles. The van der Waals surface area contributed by atoms with Gasteiger partial charge in [0.15, 0.2) is 9.84 Å². The maximum absolute atomic E-state index is 13.2. The number of anilines is 1. The third-order valence-corrected chi connectivity index (χ3v) is 8.71. The van der Waals surface area contributed by atoms with Gasteiger partial charge in [-0.1, -0.05) is 35.3 Å². The number of nitrogens with one attached hydrogen (secondary N) is 2. The van der Waals surface area contributed by atoms with Crippen molar-refractivity contribution in [3.8, 4) is 0 Å². The molecule has 0 bridgehead atoms. The van der Waals surface area contributed by atoms with Crippen molar-refractivity contribution < 1.29 is 44.7 Å². The fourth-order valence-electron chi connectivity index (χ4n) is 3.25. The van der Waals surface area contributed by atoms with Gasteiger partial charge in [-0.2, -0.15) is 13.2 Å². The number of benzene rings is 3. The van der Waals surface area contributed by atoms with Gasteiger partial charge in [0, 0.05) is 10.6 Å². The molecule has 0 atom stereocenters. The van der Waals surface area contributed by atoms with Crippen molar-refractivity contribution in [3.63, 3.8) is 0 Å². The molecule has 0 radical (unpaired) electrons. The normalized spacial score (nSPS) is 12.1. The second kappa shape index (κ2) is 11.4. The number of carboxylic acid groups (broad SMARTS) is 1. The summed E-state index contributed by atoms with van der Waals surface area (Å²) in [5.41, 5.74) is -1.64. The first kappa shape index (κ1) is 30.2. The zero-order valence-corrected chi connectivity index (χ0v) is 22.4. The monoisotopic (exact) mass is 624 g/mol. The highest BCUT2D eigenvalue weighted by atomic mass is 35.5. The van der Waals surface area contributed by atoms with Crippen LogP contribution in [0.3, 0.4) is 0 Å². The molecule has 3 rings (SSSR count). The molecule has 0 spiro atoms. The van der Waals surface area contributed by atoms with Crippen LogP contribution in [0.1, 0.15) is 21.5 Å². The van der Waals surface area contributed by atoms with Crippen LogP contribution < -0.4 is 10.0 Å². The van der Waals surface area contributed by atoms with E-state index in [4.69, 9.17) is 28.3 Å². The van der Waals surface area contributed by atoms with E-state index in [0.29, 0.717) is 6.07 Å². The summed E-state index contributed by atoms with van der Waals surface area (Å²) in [6.07, 6.45) is -4.94. The number of carboxylic acids is 1. The smallest absolute Gasteiger partial charge is 0.417 e. The van der Waals surface area contributed by atoms with E-state index in [0.717, 1.165) is 24.3 Å². The molecule has 0 aliphatic rings. The largest absolute Gasteiger partial charge is 0.480 e. The molecule has 0 heterocycles. The minimum absolute atomic E-state index is 0.0598. The Labute approximate surface area is 230 Å². The molecule has 0 aromatic heterocycles. The quantitative estimate of drug-likeness (QED) is 0.315. The first-order valence-corrected chi connectivity index (χ1v) is 14.4. The lowest BCUT2D eigenvalue weighted by Gasteiger charge is -2.15. The first-order valence-electron chi connectivity index (χ1n) is 10.5. The van der Waals surface area contributed by atoms with Gasteiger partial charge in [-0.25, -0.2) is 16.8 Å². The van der Waals surface area contributed by atoms with Crippen molar-refractivity contribution in [2.24, 2.45) is 0 Å². The van der Waals surface area contributed by atoms with E-state index < -0.39 is 76.3 Å². The fourth-order valence-corrected chi connectivity index (χ4v) is 6.32. The standard InChI is InChI=1S/C23H17Cl2F3N2O7S2/c24-15-5-8-20(38(34,35)12-13-1-3-14(4-2-13)22(33)29-11-21(31)32)19(9-15)30-39(36,37)16-6-7-18(25)17(10-16)23(26,27)28/h1-10,30H,11-12H2,(H,29,33)(H,31,32). The Morgan fingerprint density at radius 3 is 2.13 bits per heavy atom. The van der Waals surface area contributed by atoms with Crippen LogP contribution >= 0.6 is 23.2 Å². The van der Waals surface area contributed by atoms with Gasteiger partial charge in [0.1, 0.15) is 6.54 Å². The predicted octanol–water partition coefficient (Wildman–Crippen LogP) is 4.60. The number of carbonyl (C=O) groups excluding carboxylic acids is 1. The van der Waals surface area contributed by atoms with Gasteiger partial charge in [-0.05, 0) is 54.1 Å². The SMILES string of the molecule is O=C(O)CNC(=O)c1ccc(CS(=O)(=O)c2ccc(Cl)cc2NS(=O)(=O)c2ccc(Cl)c(C(F)(F)F)c2)cc1. The van der Waals surface area contributed by atoms with Crippen LogP contribution in [-0.2, 0) is 36.6 Å². The van der Waals surface area contributed by atoms with Gasteiger partial charge in [0.05, 0.1) is 31.8 Å². The van der Waals surface area contributed by atoms with E-state index in [1.165, 1.54) is 30.3 Å². The summed E-state index contributed by atoms with van der Waals surface area (Å²) < 4.78 is 93.8. The lowest BCUT2D eigenvalue weighted by Crippen LogP contribution is -2.29. The second-order valence-corrected chi connectivity index (χ2v) is 12.4. The lowest BCUT2D eigenvalue weighted by molar-refractivity contribution is -0.138. The van der Waals surface area contributed by atoms with E-state index in [-0.39, 0.29) is 16.1 Å². The number of aliphatic carboxylic acids is 1. The summed E-state index contributed by atoms with van der Waals surface area (Å²) in [5.74, 6) is -2.60. The number of sulfone groups is 1. The fraction of sp³-hybridized carbons (Fsp3) is 0.130. The molecule has 0 fully saturated rings. The Hall–Kier alpha value is -3.33. The average molecular weight is 625 g/mol. The number of sulfonamides is 1. The zero-order valence-electron chi connectivity index (χ0n) is 19.3. The van der Waals surface area contributed by atoms with E-state index >= 15 is 0 Å². The molecule has 3 N–H and O–H groups in total. The van der Waals surface area contributed by atoms with Gasteiger partial charge in [-0.3, -0.25) is 14.3 Å². The topological polar surface area (TPSA) is 147 Å². The molecule has 0 aliphatic heterocycles. The molecule has 16 heteroatoms. The van der Waals surface area contributed by atoms with Crippen molar-refractivity contribution in [2.45, 2.75) is 21.7 Å². The zero-order chi connectivity index (χ0) is 29.2. The molecule has 208 valence electrons. The van der Waals surface area contributed by atoms with Crippen LogP contribution in [-0.4, -0.2) is 40.4 Å². The van der Waals surface area contributed by atoms with Crippen LogP contribution in [0.5, 0.6) is 0 Å². The first-order chi connectivity index (χ1) is 18.0. The Kier molecular flexibility index (Phi) is 8.85. The van der Waals surface area contributed by atoms with E-state index in [1.807, 2.05) is 4.72 Å². The summed E-state index contributed by atoms with van der Waals surface area (Å²) in [7, 11) is -9.00. The summed E-state index contributed by atoms with van der Waals surface area (Å²) >= 11 is 11.5. The summed E-state index contributed by atoms with van der Waals surface area (Å²) in [4.78, 5) is 21.2. The van der Waals surface area contributed by atoms with Crippen molar-refractivity contribution in [2.75, 3.05) is 11.3 Å². The van der Waals surface area contributed by atoms with Crippen molar-refractivity contribution in [1.29, 1.82) is 0 Å². The van der Waals surface area contributed by atoms with E-state index in [2.05, 4.69) is 5.32 Å². The summed E-state index contributed by atoms with van der Waals surface area (Å²) in [6.45, 7) is -0.613. The number of carbonyl (C=O) groups is 2. The molecule has 3 aromatic rings. The van der Waals surface area contributed by atoms with Crippen molar-refractivity contribution >= 4 is 60.6 Å². The molecule has 3 aromatic carbocycles. The molecule has 0 unspecified atom stereocenters. The molecule has 0 aliphatic carbocycles. The molecular weight excluding hydrogens is 608 g/mol. The minimum atomic E-state index is -4.94. The van der Waals surface area contributed by atoms with Gasteiger partial charge in [-0.15, -0.1) is 0 Å². The van der Waals surface area contributed by atoms with Gasteiger partial charge >= 0.3 is 12.1 Å². The van der Waals surface area contributed by atoms with Gasteiger partial charge in [0.25, 0.3) is 15.9 Å².